The third kappa shape index (κ3) is 3.77. The fourth-order valence-corrected chi connectivity index (χ4v) is 3.86. The van der Waals surface area contributed by atoms with Crippen molar-refractivity contribution in [3.63, 3.8) is 0 Å². The lowest BCUT2D eigenvalue weighted by atomic mass is 10.0. The number of H-pyrrole nitrogens is 1. The molecule has 0 aliphatic heterocycles. The third-order valence-electron chi connectivity index (χ3n) is 4.77. The van der Waals surface area contributed by atoms with Gasteiger partial charge >= 0.3 is 5.69 Å². The van der Waals surface area contributed by atoms with Crippen molar-refractivity contribution in [3.05, 3.63) is 94.6 Å². The van der Waals surface area contributed by atoms with Gasteiger partial charge in [0.1, 0.15) is 6.67 Å². The maximum Gasteiger partial charge on any atom is 0.349 e. The molecule has 0 atom stereocenters. The highest BCUT2D eigenvalue weighted by Crippen LogP contribution is 2.30. The molecule has 158 valence electrons. The summed E-state index contributed by atoms with van der Waals surface area (Å²) in [5.41, 5.74) is -1.15. The van der Waals surface area contributed by atoms with E-state index >= 15 is 0 Å². The van der Waals surface area contributed by atoms with Crippen LogP contribution in [0.3, 0.4) is 0 Å². The highest BCUT2D eigenvalue weighted by Gasteiger charge is 2.16. The van der Waals surface area contributed by atoms with Crippen molar-refractivity contribution >= 4 is 34.0 Å². The van der Waals surface area contributed by atoms with Crippen LogP contribution in [0.1, 0.15) is 17.0 Å². The van der Waals surface area contributed by atoms with Crippen LogP contribution in [0.15, 0.2) is 50.8 Å². The summed E-state index contributed by atoms with van der Waals surface area (Å²) in [5.74, 6) is 0. The number of aromatic amines is 1. The van der Waals surface area contributed by atoms with Crippen LogP contribution >= 0.6 is 23.2 Å². The third-order valence-corrected chi connectivity index (χ3v) is 5.44. The number of nitrogens with one attached hydrogen (secondary N) is 1. The van der Waals surface area contributed by atoms with E-state index in [4.69, 9.17) is 23.2 Å². The molecule has 11 heteroatoms. The molecule has 0 bridgehead atoms. The highest BCUT2D eigenvalue weighted by molar-refractivity contribution is 6.36. The maximum absolute atomic E-state index is 13.0. The van der Waals surface area contributed by atoms with E-state index in [1.807, 2.05) is 4.98 Å². The molecule has 0 aliphatic rings. The first-order valence-electron chi connectivity index (χ1n) is 9.02. The Morgan fingerprint density at radius 3 is 2.29 bits per heavy atom. The van der Waals surface area contributed by atoms with Crippen molar-refractivity contribution in [1.82, 2.24) is 24.5 Å². The number of nitrogens with zero attached hydrogens (tertiary/aromatic N) is 4. The average Bonchev–Trinajstić information content (AvgIpc) is 2.74. The first-order valence-corrected chi connectivity index (χ1v) is 9.77. The van der Waals surface area contributed by atoms with Crippen LogP contribution in [0.25, 0.3) is 16.5 Å². The number of hydrogen-bond acceptors (Lipinski definition) is 5. The Kier molecular flexibility index (Phi) is 5.47. The summed E-state index contributed by atoms with van der Waals surface area (Å²) in [6.45, 7) is -1.14. The molecule has 2 aromatic carbocycles. The molecule has 1 N–H and O–H groups in total. The van der Waals surface area contributed by atoms with Crippen molar-refractivity contribution in [2.75, 3.05) is 0 Å². The summed E-state index contributed by atoms with van der Waals surface area (Å²) in [6, 6.07) is 9.94. The lowest BCUT2D eigenvalue weighted by Crippen LogP contribution is -2.33. The van der Waals surface area contributed by atoms with E-state index in [0.717, 1.165) is 4.68 Å². The molecule has 0 spiro atoms. The van der Waals surface area contributed by atoms with Gasteiger partial charge in [-0.05, 0) is 23.8 Å². The van der Waals surface area contributed by atoms with Gasteiger partial charge in [0.2, 0.25) is 0 Å². The second-order valence-corrected chi connectivity index (χ2v) is 7.55. The molecule has 8 nitrogen and oxygen atoms in total. The number of aromatic nitrogens is 5. The van der Waals surface area contributed by atoms with Crippen LogP contribution in [0.2, 0.25) is 10.0 Å². The number of fused-ring (bicyclic) bond motifs is 1. The van der Waals surface area contributed by atoms with E-state index < -0.39 is 23.6 Å². The largest absolute Gasteiger partial charge is 0.349 e. The number of aryl methyl sites for hydroxylation is 1. The van der Waals surface area contributed by atoms with E-state index in [9.17, 15) is 18.8 Å². The molecular weight excluding hydrogens is 448 g/mol. The van der Waals surface area contributed by atoms with Crippen molar-refractivity contribution < 1.29 is 4.39 Å². The summed E-state index contributed by atoms with van der Waals surface area (Å²) in [5, 5.41) is 9.69. The molecule has 0 unspecified atom stereocenters. The van der Waals surface area contributed by atoms with Crippen LogP contribution in [0.5, 0.6) is 0 Å². The van der Waals surface area contributed by atoms with E-state index in [1.165, 1.54) is 16.8 Å². The predicted molar refractivity (Wildman–Crippen MR) is 115 cm³/mol. The number of rotatable bonds is 4. The summed E-state index contributed by atoms with van der Waals surface area (Å²) in [4.78, 5) is 38.0. The Balaban J connectivity index is 1.83. The molecule has 0 amide bonds. The zero-order chi connectivity index (χ0) is 22.3. The number of halogens is 3. The molecule has 4 rings (SSSR count). The fourth-order valence-electron chi connectivity index (χ4n) is 3.25. The molecule has 31 heavy (non-hydrogen) atoms. The average molecular weight is 462 g/mol. The van der Waals surface area contributed by atoms with Gasteiger partial charge in [-0.1, -0.05) is 41.4 Å². The second-order valence-electron chi connectivity index (χ2n) is 6.74. The zero-order valence-electron chi connectivity index (χ0n) is 16.0. The fraction of sp³-hybridized carbons (Fsp3) is 0.150. The Labute approximate surface area is 183 Å². The van der Waals surface area contributed by atoms with E-state index in [2.05, 4.69) is 10.2 Å². The Morgan fingerprint density at radius 1 is 1.00 bits per heavy atom. The number of alkyl halides is 1. The standard InChI is InChI=1S/C20H14Cl2FN5O3/c1-27-19(30)12-5-3-2-4-11(12)16(25-27)8-13-14(21)6-10(7-15(13)22)28-20(31)24-18(29)17(9-23)26-28/h2-7H,8-9H2,1H3,(H,24,29,31). The molecule has 4 aromatic rings. The molecule has 0 radical (unpaired) electrons. The van der Waals surface area contributed by atoms with Gasteiger partial charge in [-0.25, -0.2) is 13.9 Å². The Bertz CT molecular complexity index is 1490. The summed E-state index contributed by atoms with van der Waals surface area (Å²) in [6.07, 6.45) is 0.219. The molecule has 2 aromatic heterocycles. The second kappa shape index (κ2) is 8.09. The van der Waals surface area contributed by atoms with Crippen molar-refractivity contribution in [3.8, 4) is 5.69 Å². The lowest BCUT2D eigenvalue weighted by Gasteiger charge is -2.13. The molecular formula is C20H14Cl2FN5O3. The van der Waals surface area contributed by atoms with Gasteiger partial charge in [0.15, 0.2) is 5.69 Å². The van der Waals surface area contributed by atoms with Crippen LogP contribution in [-0.4, -0.2) is 24.5 Å². The highest BCUT2D eigenvalue weighted by atomic mass is 35.5. The summed E-state index contributed by atoms with van der Waals surface area (Å²) < 4.78 is 15.0. The van der Waals surface area contributed by atoms with Gasteiger partial charge in [0.25, 0.3) is 11.1 Å². The van der Waals surface area contributed by atoms with E-state index in [1.54, 1.807) is 31.3 Å². The van der Waals surface area contributed by atoms with Crippen molar-refractivity contribution in [2.45, 2.75) is 13.1 Å². The predicted octanol–water partition coefficient (Wildman–Crippen LogP) is 2.53. The number of hydrogen-bond donors (Lipinski definition) is 1. The Hall–Kier alpha value is -3.30. The smallest absolute Gasteiger partial charge is 0.271 e. The molecule has 0 fully saturated rings. The van der Waals surface area contributed by atoms with Crippen LogP contribution < -0.4 is 16.8 Å². The van der Waals surface area contributed by atoms with E-state index in [0.29, 0.717) is 22.0 Å². The first kappa shape index (κ1) is 21.0. The molecule has 0 aliphatic carbocycles. The number of benzene rings is 2. The summed E-state index contributed by atoms with van der Waals surface area (Å²) >= 11 is 12.9. The molecule has 0 saturated carbocycles. The monoisotopic (exact) mass is 461 g/mol. The SMILES string of the molecule is Cn1nc(Cc2c(Cl)cc(-n3nc(CF)c(=O)[nH]c3=O)cc2Cl)c2ccccc2c1=O. The van der Waals surface area contributed by atoms with Crippen molar-refractivity contribution in [1.29, 1.82) is 0 Å². The molecule has 2 heterocycles. The topological polar surface area (TPSA) is 103 Å². The minimum Gasteiger partial charge on any atom is -0.271 e. The summed E-state index contributed by atoms with van der Waals surface area (Å²) in [7, 11) is 1.56. The van der Waals surface area contributed by atoms with Crippen molar-refractivity contribution in [2.24, 2.45) is 7.05 Å². The van der Waals surface area contributed by atoms with E-state index in [-0.39, 0.29) is 27.7 Å². The lowest BCUT2D eigenvalue weighted by molar-refractivity contribution is 0.460. The quantitative estimate of drug-likeness (QED) is 0.502. The van der Waals surface area contributed by atoms with Gasteiger partial charge < -0.3 is 0 Å². The first-order chi connectivity index (χ1) is 14.8. The van der Waals surface area contributed by atoms with Gasteiger partial charge in [0.05, 0.1) is 16.8 Å². The van der Waals surface area contributed by atoms with Gasteiger partial charge in [-0.2, -0.15) is 14.9 Å². The Morgan fingerprint density at radius 2 is 1.65 bits per heavy atom. The van der Waals surface area contributed by atoms with Gasteiger partial charge in [-0.15, -0.1) is 0 Å². The molecule has 0 saturated heterocycles. The van der Waals surface area contributed by atoms with Crippen LogP contribution in [0.4, 0.5) is 4.39 Å². The normalized spacial score (nSPS) is 11.2. The van der Waals surface area contributed by atoms with Crippen LogP contribution in [-0.2, 0) is 20.1 Å². The van der Waals surface area contributed by atoms with Gasteiger partial charge in [-0.3, -0.25) is 14.6 Å². The van der Waals surface area contributed by atoms with Crippen LogP contribution in [0, 0.1) is 0 Å². The zero-order valence-corrected chi connectivity index (χ0v) is 17.5. The van der Waals surface area contributed by atoms with Gasteiger partial charge in [0, 0.05) is 28.9 Å². The minimum absolute atomic E-state index is 0.160. The maximum atomic E-state index is 13.0. The minimum atomic E-state index is -1.14.